The highest BCUT2D eigenvalue weighted by Crippen LogP contribution is 2.34. The van der Waals surface area contributed by atoms with Crippen LogP contribution in [-0.2, 0) is 6.54 Å². The first-order valence-corrected chi connectivity index (χ1v) is 10.9. The Kier molecular flexibility index (Phi) is 5.33. The molecule has 5 rings (SSSR count). The van der Waals surface area contributed by atoms with Crippen LogP contribution in [0.1, 0.15) is 27.4 Å². The summed E-state index contributed by atoms with van der Waals surface area (Å²) in [4.78, 5) is 17.7. The second kappa shape index (κ2) is 8.30. The van der Waals surface area contributed by atoms with Gasteiger partial charge in [-0.3, -0.25) is 4.79 Å². The smallest absolute Gasteiger partial charge is 0.268 e. The lowest BCUT2D eigenvalue weighted by Gasteiger charge is -2.08. The fourth-order valence-electron chi connectivity index (χ4n) is 3.80. The van der Waals surface area contributed by atoms with E-state index < -0.39 is 0 Å². The van der Waals surface area contributed by atoms with Crippen molar-refractivity contribution in [1.29, 1.82) is 0 Å². The number of fused-ring (bicyclic) bond motifs is 1. The number of aromatic nitrogens is 2. The number of aryl methyl sites for hydroxylation is 1. The van der Waals surface area contributed by atoms with Crippen molar-refractivity contribution in [3.05, 3.63) is 112 Å². The molecule has 0 saturated carbocycles. The van der Waals surface area contributed by atoms with Crippen LogP contribution < -0.4 is 0 Å². The highest BCUT2D eigenvalue weighted by Gasteiger charge is 2.26. The molecule has 4 nitrogen and oxygen atoms in total. The Labute approximate surface area is 195 Å². The third-order valence-electron chi connectivity index (χ3n) is 5.39. The van der Waals surface area contributed by atoms with Crippen molar-refractivity contribution in [2.45, 2.75) is 13.5 Å². The second-order valence-corrected chi connectivity index (χ2v) is 8.42. The molecule has 3 aromatic carbocycles. The molecule has 0 saturated heterocycles. The van der Waals surface area contributed by atoms with Crippen molar-refractivity contribution < 1.29 is 9.21 Å². The summed E-state index contributed by atoms with van der Waals surface area (Å²) in [5.74, 6) is 0.201. The van der Waals surface area contributed by atoms with E-state index in [-0.39, 0.29) is 11.7 Å². The molecular weight excluding hydrogens is 443 g/mol. The van der Waals surface area contributed by atoms with E-state index in [2.05, 4.69) is 4.98 Å². The maximum absolute atomic E-state index is 13.5. The molecular formula is C26H18Cl2N2O2. The van der Waals surface area contributed by atoms with Crippen LogP contribution >= 0.6 is 23.2 Å². The standard InChI is InChI=1S/C26H18Cl2N2O2/c1-16-7-12-21-20(13-16)23(25(28)30(21)15-17-8-10-19(27)11-9-17)24(31)26-29-14-22(32-26)18-5-3-2-4-6-18/h2-14H,15H2,1H3. The molecule has 0 N–H and O–H groups in total. The largest absolute Gasteiger partial charge is 0.433 e. The van der Waals surface area contributed by atoms with E-state index in [1.807, 2.05) is 84.3 Å². The fourth-order valence-corrected chi connectivity index (χ4v) is 4.27. The first-order valence-electron chi connectivity index (χ1n) is 10.1. The number of nitrogens with zero attached hydrogens (tertiary/aromatic N) is 2. The zero-order chi connectivity index (χ0) is 22.2. The van der Waals surface area contributed by atoms with Crippen LogP contribution in [0.5, 0.6) is 0 Å². The average molecular weight is 461 g/mol. The molecule has 158 valence electrons. The van der Waals surface area contributed by atoms with E-state index in [0.717, 1.165) is 27.6 Å². The van der Waals surface area contributed by atoms with Gasteiger partial charge in [-0.25, -0.2) is 4.98 Å². The lowest BCUT2D eigenvalue weighted by Crippen LogP contribution is -2.04. The Morgan fingerprint density at radius 2 is 1.75 bits per heavy atom. The van der Waals surface area contributed by atoms with Crippen LogP contribution in [-0.4, -0.2) is 15.3 Å². The molecule has 32 heavy (non-hydrogen) atoms. The molecule has 0 atom stereocenters. The minimum absolute atomic E-state index is 0.0119. The van der Waals surface area contributed by atoms with Crippen molar-refractivity contribution in [2.24, 2.45) is 0 Å². The molecule has 5 aromatic rings. The quantitative estimate of drug-likeness (QED) is 0.260. The summed E-state index contributed by atoms with van der Waals surface area (Å²) in [5, 5.41) is 1.79. The van der Waals surface area contributed by atoms with Gasteiger partial charge in [-0.2, -0.15) is 0 Å². The molecule has 0 bridgehead atoms. The molecule has 6 heteroatoms. The van der Waals surface area contributed by atoms with Crippen LogP contribution in [0.25, 0.3) is 22.2 Å². The maximum atomic E-state index is 13.5. The van der Waals surface area contributed by atoms with Gasteiger partial charge in [0, 0.05) is 22.5 Å². The van der Waals surface area contributed by atoms with Gasteiger partial charge in [0.05, 0.1) is 17.3 Å². The van der Waals surface area contributed by atoms with Crippen LogP contribution in [0.4, 0.5) is 0 Å². The Bertz CT molecular complexity index is 1430. The summed E-state index contributed by atoms with van der Waals surface area (Å²) >= 11 is 12.8. The van der Waals surface area contributed by atoms with Crippen LogP contribution in [0, 0.1) is 6.92 Å². The van der Waals surface area contributed by atoms with E-state index in [9.17, 15) is 4.79 Å². The highest BCUT2D eigenvalue weighted by atomic mass is 35.5. The molecule has 2 heterocycles. The van der Waals surface area contributed by atoms with Gasteiger partial charge in [0.1, 0.15) is 5.15 Å². The van der Waals surface area contributed by atoms with Gasteiger partial charge in [-0.15, -0.1) is 0 Å². The van der Waals surface area contributed by atoms with Gasteiger partial charge >= 0.3 is 0 Å². The Hall–Kier alpha value is -3.34. The second-order valence-electron chi connectivity index (χ2n) is 7.62. The SMILES string of the molecule is Cc1ccc2c(c1)c(C(=O)c1ncc(-c3ccccc3)o1)c(Cl)n2Cc1ccc(Cl)cc1. The lowest BCUT2D eigenvalue weighted by atomic mass is 10.1. The molecule has 2 aromatic heterocycles. The zero-order valence-electron chi connectivity index (χ0n) is 17.2. The molecule has 0 fully saturated rings. The van der Waals surface area contributed by atoms with E-state index >= 15 is 0 Å². The van der Waals surface area contributed by atoms with Crippen LogP contribution in [0.15, 0.2) is 83.4 Å². The van der Waals surface area contributed by atoms with E-state index in [1.54, 1.807) is 6.20 Å². The third kappa shape index (κ3) is 3.72. The van der Waals surface area contributed by atoms with Crippen molar-refractivity contribution >= 4 is 39.9 Å². The van der Waals surface area contributed by atoms with Gasteiger partial charge in [0.25, 0.3) is 11.7 Å². The van der Waals surface area contributed by atoms with E-state index in [4.69, 9.17) is 27.6 Å². The summed E-state index contributed by atoms with van der Waals surface area (Å²) in [5.41, 5.74) is 4.17. The molecule has 0 aliphatic carbocycles. The van der Waals surface area contributed by atoms with Gasteiger partial charge in [-0.05, 0) is 36.8 Å². The zero-order valence-corrected chi connectivity index (χ0v) is 18.7. The Morgan fingerprint density at radius 1 is 1.00 bits per heavy atom. The number of halogens is 2. The molecule has 0 aliphatic heterocycles. The van der Waals surface area contributed by atoms with E-state index in [0.29, 0.717) is 28.0 Å². The Morgan fingerprint density at radius 3 is 2.50 bits per heavy atom. The lowest BCUT2D eigenvalue weighted by molar-refractivity contribution is 0.100. The molecule has 0 aliphatic rings. The third-order valence-corrected chi connectivity index (χ3v) is 6.04. The molecule has 0 unspecified atom stereocenters. The van der Waals surface area contributed by atoms with Crippen molar-refractivity contribution in [1.82, 2.24) is 9.55 Å². The molecule has 0 spiro atoms. The summed E-state index contributed by atoms with van der Waals surface area (Å²) in [6.07, 6.45) is 1.56. The van der Waals surface area contributed by atoms with Crippen LogP contribution in [0.2, 0.25) is 10.2 Å². The topological polar surface area (TPSA) is 48.0 Å². The van der Waals surface area contributed by atoms with E-state index in [1.165, 1.54) is 0 Å². The number of hydrogen-bond acceptors (Lipinski definition) is 3. The van der Waals surface area contributed by atoms with Gasteiger partial charge < -0.3 is 8.98 Å². The normalized spacial score (nSPS) is 11.2. The van der Waals surface area contributed by atoms with Gasteiger partial charge in [-0.1, -0.05) is 77.3 Å². The summed E-state index contributed by atoms with van der Waals surface area (Å²) in [6.45, 7) is 2.49. The number of carbonyl (C=O) groups excluding carboxylic acids is 1. The number of carbonyl (C=O) groups is 1. The number of benzene rings is 3. The number of oxazole rings is 1. The van der Waals surface area contributed by atoms with Gasteiger partial charge in [0.15, 0.2) is 5.76 Å². The number of ketones is 1. The predicted octanol–water partition coefficient (Wildman–Crippen LogP) is 7.19. The maximum Gasteiger partial charge on any atom is 0.268 e. The summed E-state index contributed by atoms with van der Waals surface area (Å²) in [7, 11) is 0. The number of hydrogen-bond donors (Lipinski definition) is 0. The van der Waals surface area contributed by atoms with Gasteiger partial charge in [0.2, 0.25) is 0 Å². The van der Waals surface area contributed by atoms with Crippen molar-refractivity contribution in [3.63, 3.8) is 0 Å². The van der Waals surface area contributed by atoms with Crippen molar-refractivity contribution in [2.75, 3.05) is 0 Å². The predicted molar refractivity (Wildman–Crippen MR) is 128 cm³/mol. The Balaban J connectivity index is 1.60. The van der Waals surface area contributed by atoms with Crippen LogP contribution in [0.3, 0.4) is 0 Å². The fraction of sp³-hybridized carbons (Fsp3) is 0.0769. The molecule has 0 amide bonds. The summed E-state index contributed by atoms with van der Waals surface area (Å²) < 4.78 is 7.74. The summed E-state index contributed by atoms with van der Waals surface area (Å²) in [6, 6.07) is 23.1. The first kappa shape index (κ1) is 20.6. The monoisotopic (exact) mass is 460 g/mol. The first-order chi connectivity index (χ1) is 15.5. The average Bonchev–Trinajstić information content (AvgIpc) is 3.39. The number of rotatable bonds is 5. The molecule has 0 radical (unpaired) electrons. The van der Waals surface area contributed by atoms with Crippen molar-refractivity contribution in [3.8, 4) is 11.3 Å². The minimum atomic E-state index is -0.345. The highest BCUT2D eigenvalue weighted by molar-refractivity contribution is 6.36. The minimum Gasteiger partial charge on any atom is -0.433 e.